The molecule has 0 N–H and O–H groups in total. The van der Waals surface area contributed by atoms with Gasteiger partial charge in [0.1, 0.15) is 5.75 Å². The molecule has 4 heteroatoms. The van der Waals surface area contributed by atoms with E-state index in [0.29, 0.717) is 41.3 Å². The monoisotopic (exact) mass is 468 g/mol. The summed E-state index contributed by atoms with van der Waals surface area (Å²) in [6, 6.07) is 8.35. The Morgan fingerprint density at radius 2 is 1.59 bits per heavy atom. The fourth-order valence-electron chi connectivity index (χ4n) is 9.33. The molecule has 1 aliphatic heterocycles. The van der Waals surface area contributed by atoms with Crippen molar-refractivity contribution in [3.05, 3.63) is 29.8 Å². The van der Waals surface area contributed by atoms with Gasteiger partial charge in [-0.15, -0.1) is 0 Å². The van der Waals surface area contributed by atoms with Crippen LogP contribution in [0.2, 0.25) is 0 Å². The van der Waals surface area contributed by atoms with Gasteiger partial charge in [-0.1, -0.05) is 38.8 Å². The molecule has 1 saturated heterocycles. The summed E-state index contributed by atoms with van der Waals surface area (Å²) in [4.78, 5) is 0. The molecule has 0 amide bonds. The summed E-state index contributed by atoms with van der Waals surface area (Å²) in [7, 11) is 1.72. The van der Waals surface area contributed by atoms with E-state index in [9.17, 15) is 0 Å². The average molecular weight is 469 g/mol. The Hall–Kier alpha value is -1.10. The highest BCUT2D eigenvalue weighted by Crippen LogP contribution is 2.68. The highest BCUT2D eigenvalue weighted by molar-refractivity contribution is 5.26. The molecule has 6 rings (SSSR count). The predicted octanol–water partition coefficient (Wildman–Crippen LogP) is 6.75. The van der Waals surface area contributed by atoms with E-state index in [0.717, 1.165) is 11.7 Å². The molecule has 4 nitrogen and oxygen atoms in total. The summed E-state index contributed by atoms with van der Waals surface area (Å²) in [6.45, 7) is 10.1. The Balaban J connectivity index is 1.31. The first kappa shape index (κ1) is 23.3. The van der Waals surface area contributed by atoms with Crippen LogP contribution >= 0.6 is 0 Å². The van der Waals surface area contributed by atoms with Gasteiger partial charge in [-0.25, -0.2) is 0 Å². The molecule has 0 spiro atoms. The number of hydrogen-bond acceptors (Lipinski definition) is 4. The SMILES string of the molecule is COc1ccc(COC2CC[C@@]3(C)CCC4C(C23)[C@H]2OC(C)(C)O[C@@H]2C2CCCC[C@]42C)cc1. The second kappa shape index (κ2) is 8.21. The molecule has 9 atom stereocenters. The summed E-state index contributed by atoms with van der Waals surface area (Å²) in [5.74, 6) is 2.87. The Morgan fingerprint density at radius 1 is 0.853 bits per heavy atom. The molecule has 0 aromatic heterocycles. The molecule has 4 saturated carbocycles. The predicted molar refractivity (Wildman–Crippen MR) is 133 cm³/mol. The number of benzene rings is 1. The second-order valence-corrected chi connectivity index (χ2v) is 13.1. The Morgan fingerprint density at radius 3 is 2.35 bits per heavy atom. The van der Waals surface area contributed by atoms with Crippen LogP contribution in [0.4, 0.5) is 0 Å². The van der Waals surface area contributed by atoms with Crippen LogP contribution in [0.1, 0.15) is 84.6 Å². The van der Waals surface area contributed by atoms with Gasteiger partial charge in [0.2, 0.25) is 0 Å². The minimum atomic E-state index is -0.478. The summed E-state index contributed by atoms with van der Waals surface area (Å²) < 4.78 is 25.7. The fourth-order valence-corrected chi connectivity index (χ4v) is 9.33. The summed E-state index contributed by atoms with van der Waals surface area (Å²) in [5, 5.41) is 0. The van der Waals surface area contributed by atoms with Crippen LogP contribution in [0.5, 0.6) is 5.75 Å². The maximum absolute atomic E-state index is 6.81. The smallest absolute Gasteiger partial charge is 0.163 e. The maximum Gasteiger partial charge on any atom is 0.163 e. The van der Waals surface area contributed by atoms with E-state index < -0.39 is 5.79 Å². The van der Waals surface area contributed by atoms with Gasteiger partial charge in [0.25, 0.3) is 0 Å². The van der Waals surface area contributed by atoms with Crippen molar-refractivity contribution in [2.45, 2.75) is 110 Å². The van der Waals surface area contributed by atoms with E-state index >= 15 is 0 Å². The Labute approximate surface area is 206 Å². The minimum absolute atomic E-state index is 0.214. The van der Waals surface area contributed by atoms with E-state index in [2.05, 4.69) is 39.8 Å². The van der Waals surface area contributed by atoms with Crippen LogP contribution in [0.25, 0.3) is 0 Å². The highest BCUT2D eigenvalue weighted by Gasteiger charge is 2.68. The van der Waals surface area contributed by atoms with Gasteiger partial charge in [0.05, 0.1) is 32.0 Å². The van der Waals surface area contributed by atoms with E-state index in [4.69, 9.17) is 18.9 Å². The van der Waals surface area contributed by atoms with Gasteiger partial charge in [-0.3, -0.25) is 0 Å². The highest BCUT2D eigenvalue weighted by atomic mass is 16.8. The molecule has 5 fully saturated rings. The lowest BCUT2D eigenvalue weighted by Gasteiger charge is -2.62. The van der Waals surface area contributed by atoms with Crippen LogP contribution in [0.15, 0.2) is 24.3 Å². The fraction of sp³-hybridized carbons (Fsp3) is 0.800. The topological polar surface area (TPSA) is 36.9 Å². The van der Waals surface area contributed by atoms with Gasteiger partial charge >= 0.3 is 0 Å². The first-order valence-electron chi connectivity index (χ1n) is 13.8. The summed E-state index contributed by atoms with van der Waals surface area (Å²) in [5.41, 5.74) is 1.95. The third-order valence-corrected chi connectivity index (χ3v) is 10.8. The number of ether oxygens (including phenoxy) is 4. The largest absolute Gasteiger partial charge is 0.497 e. The average Bonchev–Trinajstić information content (AvgIpc) is 3.33. The maximum atomic E-state index is 6.81. The molecule has 188 valence electrons. The molecule has 5 unspecified atom stereocenters. The van der Waals surface area contributed by atoms with Gasteiger partial charge in [-0.05, 0) is 105 Å². The number of rotatable bonds is 4. The molecule has 1 aromatic rings. The lowest BCUT2D eigenvalue weighted by Crippen LogP contribution is -2.63. The van der Waals surface area contributed by atoms with Crippen molar-refractivity contribution in [1.29, 1.82) is 0 Å². The lowest BCUT2D eigenvalue weighted by molar-refractivity contribution is -0.193. The van der Waals surface area contributed by atoms with Crippen molar-refractivity contribution in [1.82, 2.24) is 0 Å². The van der Waals surface area contributed by atoms with Crippen molar-refractivity contribution in [3.8, 4) is 5.75 Å². The van der Waals surface area contributed by atoms with E-state index in [1.165, 1.54) is 56.9 Å². The van der Waals surface area contributed by atoms with Crippen LogP contribution in [0, 0.1) is 34.5 Å². The third-order valence-electron chi connectivity index (χ3n) is 10.8. The van der Waals surface area contributed by atoms with Crippen LogP contribution in [-0.4, -0.2) is 31.2 Å². The zero-order valence-corrected chi connectivity index (χ0v) is 21.8. The van der Waals surface area contributed by atoms with Crippen LogP contribution in [-0.2, 0) is 20.8 Å². The number of fused-ring (bicyclic) bond motifs is 8. The van der Waals surface area contributed by atoms with Crippen molar-refractivity contribution < 1.29 is 18.9 Å². The molecular weight excluding hydrogens is 424 g/mol. The molecule has 1 heterocycles. The second-order valence-electron chi connectivity index (χ2n) is 13.1. The normalized spacial score (nSPS) is 46.8. The zero-order valence-electron chi connectivity index (χ0n) is 21.8. The standard InChI is InChI=1S/C30H44O4/c1-28(2)33-26-22-8-6-7-15-30(22,4)21-13-16-29(3)17-14-23(25(29)24(21)27(26)34-28)32-18-19-9-11-20(31-5)12-10-19/h9-12,21-27H,6-8,13-18H2,1-5H3/t21?,22?,23?,24?,25?,26-,27-,29-,30-/m1/s1. The van der Waals surface area contributed by atoms with E-state index in [1.54, 1.807) is 7.11 Å². The molecule has 0 radical (unpaired) electrons. The Kier molecular flexibility index (Phi) is 5.63. The van der Waals surface area contributed by atoms with Gasteiger partial charge in [0, 0.05) is 0 Å². The first-order chi connectivity index (χ1) is 16.2. The van der Waals surface area contributed by atoms with Crippen LogP contribution in [0.3, 0.4) is 0 Å². The minimum Gasteiger partial charge on any atom is -0.497 e. The van der Waals surface area contributed by atoms with Crippen molar-refractivity contribution in [2.24, 2.45) is 34.5 Å². The van der Waals surface area contributed by atoms with Crippen LogP contribution < -0.4 is 4.74 Å². The van der Waals surface area contributed by atoms with Gasteiger partial charge < -0.3 is 18.9 Å². The molecule has 4 aliphatic carbocycles. The summed E-state index contributed by atoms with van der Waals surface area (Å²) >= 11 is 0. The molecule has 1 aromatic carbocycles. The molecule has 34 heavy (non-hydrogen) atoms. The quantitative estimate of drug-likeness (QED) is 0.490. The molecular formula is C30H44O4. The van der Waals surface area contributed by atoms with Crippen molar-refractivity contribution >= 4 is 0 Å². The van der Waals surface area contributed by atoms with E-state index in [-0.39, 0.29) is 12.2 Å². The van der Waals surface area contributed by atoms with Gasteiger partial charge in [0.15, 0.2) is 5.79 Å². The summed E-state index contributed by atoms with van der Waals surface area (Å²) in [6.07, 6.45) is 11.3. The zero-order chi connectivity index (χ0) is 23.7. The van der Waals surface area contributed by atoms with E-state index in [1.807, 2.05) is 12.1 Å². The van der Waals surface area contributed by atoms with Crippen molar-refractivity contribution in [2.75, 3.05) is 7.11 Å². The van der Waals surface area contributed by atoms with Gasteiger partial charge in [-0.2, -0.15) is 0 Å². The Bertz CT molecular complexity index is 896. The lowest BCUT2D eigenvalue weighted by atomic mass is 9.44. The third kappa shape index (κ3) is 3.58. The number of hydrogen-bond donors (Lipinski definition) is 0. The van der Waals surface area contributed by atoms with Crippen molar-refractivity contribution in [3.63, 3.8) is 0 Å². The number of methoxy groups -OCH3 is 1. The molecule has 0 bridgehead atoms. The first-order valence-corrected chi connectivity index (χ1v) is 13.8. The molecule has 5 aliphatic rings.